The van der Waals surface area contributed by atoms with E-state index < -0.39 is 5.97 Å². The molecule has 0 radical (unpaired) electrons. The Labute approximate surface area is 110 Å². The highest BCUT2D eigenvalue weighted by Gasteiger charge is 2.46. The molecule has 1 aromatic rings. The van der Waals surface area contributed by atoms with Crippen molar-refractivity contribution in [2.24, 2.45) is 5.41 Å². The molecule has 8 nitrogen and oxygen atoms in total. The normalized spacial score (nSPS) is 19.8. The van der Waals surface area contributed by atoms with E-state index in [1.807, 2.05) is 0 Å². The Kier molecular flexibility index (Phi) is 3.41. The summed E-state index contributed by atoms with van der Waals surface area (Å²) in [5.41, 5.74) is 0.702. The first-order chi connectivity index (χ1) is 8.87. The van der Waals surface area contributed by atoms with Crippen molar-refractivity contribution in [3.05, 3.63) is 11.9 Å². The molecule has 8 heteroatoms. The molecular formula is C11H17N5O3. The summed E-state index contributed by atoms with van der Waals surface area (Å²) in [5, 5.41) is 21.5. The van der Waals surface area contributed by atoms with E-state index in [4.69, 9.17) is 5.11 Å². The van der Waals surface area contributed by atoms with E-state index in [2.05, 4.69) is 34.8 Å². The van der Waals surface area contributed by atoms with Crippen LogP contribution in [-0.2, 0) is 17.9 Å². The van der Waals surface area contributed by atoms with Crippen molar-refractivity contribution >= 4 is 12.0 Å². The smallest absolute Gasteiger partial charge is 0.325 e. The maximum absolute atomic E-state index is 11.6. The van der Waals surface area contributed by atoms with E-state index in [9.17, 15) is 9.59 Å². The van der Waals surface area contributed by atoms with Crippen molar-refractivity contribution in [2.75, 3.05) is 0 Å². The van der Waals surface area contributed by atoms with Gasteiger partial charge in [0, 0.05) is 6.04 Å². The van der Waals surface area contributed by atoms with E-state index in [-0.39, 0.29) is 30.6 Å². The second kappa shape index (κ2) is 4.87. The van der Waals surface area contributed by atoms with E-state index >= 15 is 0 Å². The Morgan fingerprint density at radius 1 is 1.58 bits per heavy atom. The van der Waals surface area contributed by atoms with Gasteiger partial charge in [-0.15, -0.1) is 5.10 Å². The van der Waals surface area contributed by atoms with Crippen molar-refractivity contribution in [1.82, 2.24) is 25.6 Å². The minimum atomic E-state index is -0.988. The first-order valence-electron chi connectivity index (χ1n) is 6.02. The van der Waals surface area contributed by atoms with E-state index in [1.165, 1.54) is 10.9 Å². The Morgan fingerprint density at radius 3 is 2.84 bits per heavy atom. The van der Waals surface area contributed by atoms with Crippen LogP contribution < -0.4 is 10.6 Å². The number of hydrogen-bond donors (Lipinski definition) is 3. The molecule has 1 aromatic heterocycles. The first-order valence-corrected chi connectivity index (χ1v) is 6.02. The van der Waals surface area contributed by atoms with Crippen LogP contribution in [0.3, 0.4) is 0 Å². The average molecular weight is 267 g/mol. The predicted octanol–water partition coefficient (Wildman–Crippen LogP) is -0.0396. The van der Waals surface area contributed by atoms with Crippen LogP contribution in [0.1, 0.15) is 26.0 Å². The highest BCUT2D eigenvalue weighted by Crippen LogP contribution is 2.44. The zero-order valence-electron chi connectivity index (χ0n) is 10.9. The van der Waals surface area contributed by atoms with Gasteiger partial charge in [-0.2, -0.15) is 0 Å². The van der Waals surface area contributed by atoms with Gasteiger partial charge in [0.05, 0.1) is 12.7 Å². The Morgan fingerprint density at radius 2 is 2.26 bits per heavy atom. The number of carbonyl (C=O) groups excluding carboxylic acids is 1. The summed E-state index contributed by atoms with van der Waals surface area (Å²) in [6.45, 7) is 4.17. The molecule has 1 saturated carbocycles. The molecule has 2 rings (SSSR count). The molecule has 0 aliphatic heterocycles. The number of nitrogens with one attached hydrogen (secondary N) is 2. The lowest BCUT2D eigenvalue weighted by atomic mass is 10.2. The van der Waals surface area contributed by atoms with Crippen molar-refractivity contribution in [3.63, 3.8) is 0 Å². The average Bonchev–Trinajstić information content (AvgIpc) is 2.72. The molecule has 1 heterocycles. The third-order valence-electron chi connectivity index (χ3n) is 3.13. The summed E-state index contributed by atoms with van der Waals surface area (Å²) in [6, 6.07) is -0.0291. The zero-order chi connectivity index (χ0) is 14.0. The Hall–Kier alpha value is -2.12. The van der Waals surface area contributed by atoms with Crippen LogP contribution in [0.25, 0.3) is 0 Å². The van der Waals surface area contributed by atoms with Crippen molar-refractivity contribution < 1.29 is 14.7 Å². The van der Waals surface area contributed by atoms with Gasteiger partial charge < -0.3 is 15.7 Å². The number of carboxylic acid groups (broad SMARTS) is 1. The fraction of sp³-hybridized carbons (Fsp3) is 0.636. The highest BCUT2D eigenvalue weighted by atomic mass is 16.4. The van der Waals surface area contributed by atoms with Crippen LogP contribution in [0, 0.1) is 5.41 Å². The SMILES string of the molecule is CC1(C)CC1NC(=O)NCc1cn(CC(=O)O)nn1. The van der Waals surface area contributed by atoms with E-state index in [0.717, 1.165) is 6.42 Å². The Bertz CT molecular complexity index is 496. The van der Waals surface area contributed by atoms with Crippen LogP contribution in [0.15, 0.2) is 6.20 Å². The lowest BCUT2D eigenvalue weighted by Gasteiger charge is -2.07. The molecule has 0 aromatic carbocycles. The van der Waals surface area contributed by atoms with Gasteiger partial charge in [0.1, 0.15) is 12.2 Å². The summed E-state index contributed by atoms with van der Waals surface area (Å²) in [6.07, 6.45) is 2.48. The minimum Gasteiger partial charge on any atom is -0.480 e. The lowest BCUT2D eigenvalue weighted by Crippen LogP contribution is -2.37. The Balaban J connectivity index is 1.74. The van der Waals surface area contributed by atoms with Crippen LogP contribution >= 0.6 is 0 Å². The maximum atomic E-state index is 11.6. The fourth-order valence-corrected chi connectivity index (χ4v) is 1.73. The highest BCUT2D eigenvalue weighted by molar-refractivity contribution is 5.74. The van der Waals surface area contributed by atoms with Gasteiger partial charge in [-0.1, -0.05) is 19.1 Å². The van der Waals surface area contributed by atoms with E-state index in [0.29, 0.717) is 5.69 Å². The quantitative estimate of drug-likeness (QED) is 0.693. The number of carboxylic acids is 1. The van der Waals surface area contributed by atoms with Gasteiger partial charge in [0.15, 0.2) is 0 Å². The summed E-state index contributed by atoms with van der Waals surface area (Å²) in [4.78, 5) is 22.0. The molecule has 0 spiro atoms. The molecule has 0 saturated heterocycles. The summed E-state index contributed by atoms with van der Waals surface area (Å²) < 4.78 is 1.21. The zero-order valence-corrected chi connectivity index (χ0v) is 10.9. The van der Waals surface area contributed by atoms with Crippen LogP contribution in [0.4, 0.5) is 4.79 Å². The number of urea groups is 1. The standard InChI is InChI=1S/C11H17N5O3/c1-11(2)3-8(11)13-10(19)12-4-7-5-16(15-14-7)6-9(17)18/h5,8H,3-4,6H2,1-2H3,(H,17,18)(H2,12,13,19). The van der Waals surface area contributed by atoms with Gasteiger partial charge in [0.2, 0.25) is 0 Å². The first kappa shape index (κ1) is 13.3. The van der Waals surface area contributed by atoms with Crippen LogP contribution in [-0.4, -0.2) is 38.1 Å². The largest absolute Gasteiger partial charge is 0.480 e. The summed E-state index contributed by atoms with van der Waals surface area (Å²) >= 11 is 0. The number of rotatable bonds is 5. The molecule has 1 atom stereocenters. The third-order valence-corrected chi connectivity index (χ3v) is 3.13. The third kappa shape index (κ3) is 3.67. The molecule has 19 heavy (non-hydrogen) atoms. The van der Waals surface area contributed by atoms with Crippen LogP contribution in [0.2, 0.25) is 0 Å². The molecule has 104 valence electrons. The van der Waals surface area contributed by atoms with E-state index in [1.54, 1.807) is 0 Å². The molecule has 0 bridgehead atoms. The molecule has 1 fully saturated rings. The predicted molar refractivity (Wildman–Crippen MR) is 65.2 cm³/mol. The van der Waals surface area contributed by atoms with Crippen molar-refractivity contribution in [3.8, 4) is 0 Å². The maximum Gasteiger partial charge on any atom is 0.325 e. The number of carbonyl (C=O) groups is 2. The topological polar surface area (TPSA) is 109 Å². The van der Waals surface area contributed by atoms with Gasteiger partial charge in [-0.05, 0) is 11.8 Å². The van der Waals surface area contributed by atoms with Gasteiger partial charge in [-0.3, -0.25) is 4.79 Å². The monoisotopic (exact) mass is 267 g/mol. The van der Waals surface area contributed by atoms with Gasteiger partial charge in [-0.25, -0.2) is 9.48 Å². The van der Waals surface area contributed by atoms with Crippen molar-refractivity contribution in [2.45, 2.75) is 39.4 Å². The molecule has 1 aliphatic carbocycles. The second-order valence-electron chi connectivity index (χ2n) is 5.37. The summed E-state index contributed by atoms with van der Waals surface area (Å²) in [7, 11) is 0. The summed E-state index contributed by atoms with van der Waals surface area (Å²) in [5.74, 6) is -0.988. The molecule has 1 unspecified atom stereocenters. The lowest BCUT2D eigenvalue weighted by molar-refractivity contribution is -0.137. The molecular weight excluding hydrogens is 250 g/mol. The van der Waals surface area contributed by atoms with Gasteiger partial charge >= 0.3 is 12.0 Å². The number of aromatic nitrogens is 3. The van der Waals surface area contributed by atoms with Crippen LogP contribution in [0.5, 0.6) is 0 Å². The molecule has 3 N–H and O–H groups in total. The molecule has 1 aliphatic rings. The fourth-order valence-electron chi connectivity index (χ4n) is 1.73. The number of amides is 2. The molecule has 2 amide bonds. The minimum absolute atomic E-state index is 0.183. The number of nitrogens with zero attached hydrogens (tertiary/aromatic N) is 3. The van der Waals surface area contributed by atoms with Crippen molar-refractivity contribution in [1.29, 1.82) is 0 Å². The number of hydrogen-bond acceptors (Lipinski definition) is 4. The van der Waals surface area contributed by atoms with Gasteiger partial charge in [0.25, 0.3) is 0 Å². The number of aliphatic carboxylic acids is 1. The second-order valence-corrected chi connectivity index (χ2v) is 5.37.